The molecule has 0 aromatic heterocycles. The van der Waals surface area contributed by atoms with Crippen molar-refractivity contribution in [1.82, 2.24) is 5.32 Å². The fraction of sp³-hybridized carbons (Fsp3) is 0.846. The predicted molar refractivity (Wildman–Crippen MR) is 62.8 cm³/mol. The Bertz CT molecular complexity index is 219. The second kappa shape index (κ2) is 5.66. The van der Waals surface area contributed by atoms with Crippen molar-refractivity contribution in [2.45, 2.75) is 63.5 Å². The zero-order chi connectivity index (χ0) is 10.5. The van der Waals surface area contributed by atoms with E-state index < -0.39 is 0 Å². The van der Waals surface area contributed by atoms with Gasteiger partial charge in [0.2, 0.25) is 0 Å². The van der Waals surface area contributed by atoms with E-state index in [1.54, 1.807) is 0 Å². The topological polar surface area (TPSA) is 32.3 Å². The molecule has 0 aromatic carbocycles. The number of allylic oxidation sites excluding steroid dienone is 1. The van der Waals surface area contributed by atoms with Crippen LogP contribution in [0.4, 0.5) is 0 Å². The minimum atomic E-state index is -0.219. The summed E-state index contributed by atoms with van der Waals surface area (Å²) in [4.78, 5) is 0. The molecule has 2 unspecified atom stereocenters. The summed E-state index contributed by atoms with van der Waals surface area (Å²) in [6.45, 7) is 1.08. The van der Waals surface area contributed by atoms with E-state index in [0.29, 0.717) is 6.04 Å². The van der Waals surface area contributed by atoms with Gasteiger partial charge in [-0.2, -0.15) is 0 Å². The van der Waals surface area contributed by atoms with Crippen LogP contribution in [0.2, 0.25) is 0 Å². The maximum absolute atomic E-state index is 10.3. The average molecular weight is 209 g/mol. The SMILES string of the molecule is OC(C1=CCCCCC1)C1CCCCN1. The zero-order valence-corrected chi connectivity index (χ0v) is 9.54. The van der Waals surface area contributed by atoms with Crippen molar-refractivity contribution in [3.05, 3.63) is 11.6 Å². The van der Waals surface area contributed by atoms with Crippen molar-refractivity contribution >= 4 is 0 Å². The minimum absolute atomic E-state index is 0.219. The van der Waals surface area contributed by atoms with Crippen molar-refractivity contribution < 1.29 is 5.11 Å². The van der Waals surface area contributed by atoms with Crippen LogP contribution >= 0.6 is 0 Å². The molecular weight excluding hydrogens is 186 g/mol. The molecule has 0 spiro atoms. The normalized spacial score (nSPS) is 30.5. The summed E-state index contributed by atoms with van der Waals surface area (Å²) < 4.78 is 0. The third kappa shape index (κ3) is 3.05. The molecule has 0 saturated carbocycles. The maximum Gasteiger partial charge on any atom is 0.0903 e. The van der Waals surface area contributed by atoms with Gasteiger partial charge in [-0.25, -0.2) is 0 Å². The fourth-order valence-electron chi connectivity index (χ4n) is 2.72. The number of aliphatic hydroxyl groups excluding tert-OH is 1. The number of piperidine rings is 1. The number of hydrogen-bond acceptors (Lipinski definition) is 2. The molecule has 1 aliphatic heterocycles. The highest BCUT2D eigenvalue weighted by Gasteiger charge is 2.24. The van der Waals surface area contributed by atoms with Gasteiger partial charge in [-0.3, -0.25) is 0 Å². The molecule has 1 aliphatic carbocycles. The smallest absolute Gasteiger partial charge is 0.0903 e. The van der Waals surface area contributed by atoms with E-state index in [2.05, 4.69) is 11.4 Å². The minimum Gasteiger partial charge on any atom is -0.387 e. The van der Waals surface area contributed by atoms with Gasteiger partial charge in [0.25, 0.3) is 0 Å². The van der Waals surface area contributed by atoms with Gasteiger partial charge in [0, 0.05) is 6.04 Å². The van der Waals surface area contributed by atoms with Crippen LogP contribution in [0.25, 0.3) is 0 Å². The molecule has 2 nitrogen and oxygen atoms in total. The van der Waals surface area contributed by atoms with Crippen molar-refractivity contribution in [2.75, 3.05) is 6.54 Å². The number of nitrogens with one attached hydrogen (secondary N) is 1. The molecule has 0 radical (unpaired) electrons. The molecule has 0 bridgehead atoms. The monoisotopic (exact) mass is 209 g/mol. The van der Waals surface area contributed by atoms with Gasteiger partial charge in [-0.15, -0.1) is 0 Å². The third-order valence-electron chi connectivity index (χ3n) is 3.69. The van der Waals surface area contributed by atoms with Crippen molar-refractivity contribution in [2.24, 2.45) is 0 Å². The number of aliphatic hydroxyl groups is 1. The lowest BCUT2D eigenvalue weighted by atomic mass is 9.92. The van der Waals surface area contributed by atoms with Crippen LogP contribution in [0, 0.1) is 0 Å². The van der Waals surface area contributed by atoms with Crippen molar-refractivity contribution in [3.8, 4) is 0 Å². The summed E-state index contributed by atoms with van der Waals surface area (Å²) in [5.74, 6) is 0. The average Bonchev–Trinajstić information content (AvgIpc) is 2.58. The molecule has 0 amide bonds. The van der Waals surface area contributed by atoms with Gasteiger partial charge in [-0.05, 0) is 50.6 Å². The molecule has 2 atom stereocenters. The fourth-order valence-corrected chi connectivity index (χ4v) is 2.72. The van der Waals surface area contributed by atoms with Crippen LogP contribution in [-0.2, 0) is 0 Å². The highest BCUT2D eigenvalue weighted by Crippen LogP contribution is 2.24. The summed E-state index contributed by atoms with van der Waals surface area (Å²) >= 11 is 0. The third-order valence-corrected chi connectivity index (χ3v) is 3.69. The first kappa shape index (κ1) is 11.2. The Balaban J connectivity index is 1.92. The molecule has 86 valence electrons. The quantitative estimate of drug-likeness (QED) is 0.684. The number of rotatable bonds is 2. The van der Waals surface area contributed by atoms with Gasteiger partial charge in [0.1, 0.15) is 0 Å². The van der Waals surface area contributed by atoms with E-state index in [1.165, 1.54) is 44.1 Å². The van der Waals surface area contributed by atoms with Crippen LogP contribution in [0.1, 0.15) is 51.4 Å². The summed E-state index contributed by atoms with van der Waals surface area (Å²) in [6.07, 6.45) is 11.9. The first-order valence-electron chi connectivity index (χ1n) is 6.48. The Morgan fingerprint density at radius 2 is 2.13 bits per heavy atom. The molecule has 2 aliphatic rings. The lowest BCUT2D eigenvalue weighted by Gasteiger charge is -2.29. The lowest BCUT2D eigenvalue weighted by molar-refractivity contribution is 0.140. The zero-order valence-electron chi connectivity index (χ0n) is 9.54. The Morgan fingerprint density at radius 1 is 1.20 bits per heavy atom. The van der Waals surface area contributed by atoms with Gasteiger partial charge in [0.05, 0.1) is 6.10 Å². The second-order valence-corrected chi connectivity index (χ2v) is 4.88. The van der Waals surface area contributed by atoms with Crippen LogP contribution < -0.4 is 5.32 Å². The Morgan fingerprint density at radius 3 is 2.93 bits per heavy atom. The molecule has 0 aromatic rings. The van der Waals surface area contributed by atoms with Crippen LogP contribution in [0.3, 0.4) is 0 Å². The van der Waals surface area contributed by atoms with E-state index in [9.17, 15) is 5.11 Å². The van der Waals surface area contributed by atoms with Gasteiger partial charge in [-0.1, -0.05) is 18.9 Å². The Kier molecular flexibility index (Phi) is 4.21. The van der Waals surface area contributed by atoms with E-state index in [0.717, 1.165) is 19.4 Å². The van der Waals surface area contributed by atoms with Crippen LogP contribution in [0.15, 0.2) is 11.6 Å². The Hall–Kier alpha value is -0.340. The van der Waals surface area contributed by atoms with Crippen molar-refractivity contribution in [3.63, 3.8) is 0 Å². The largest absolute Gasteiger partial charge is 0.387 e. The standard InChI is InChI=1S/C13H23NO/c15-13(12-9-5-6-10-14-12)11-7-3-1-2-4-8-11/h7,12-15H,1-6,8-10H2. The molecule has 1 saturated heterocycles. The molecule has 1 heterocycles. The van der Waals surface area contributed by atoms with Crippen LogP contribution in [0.5, 0.6) is 0 Å². The summed E-state index contributed by atoms with van der Waals surface area (Å²) in [7, 11) is 0. The van der Waals surface area contributed by atoms with E-state index in [1.807, 2.05) is 0 Å². The molecule has 2 N–H and O–H groups in total. The number of hydrogen-bond donors (Lipinski definition) is 2. The molecule has 2 rings (SSSR count). The second-order valence-electron chi connectivity index (χ2n) is 4.88. The Labute approximate surface area is 92.8 Å². The summed E-state index contributed by atoms with van der Waals surface area (Å²) in [5.41, 5.74) is 1.30. The van der Waals surface area contributed by atoms with Crippen molar-refractivity contribution in [1.29, 1.82) is 0 Å². The maximum atomic E-state index is 10.3. The highest BCUT2D eigenvalue weighted by atomic mass is 16.3. The first-order chi connectivity index (χ1) is 7.38. The molecule has 2 heteroatoms. The first-order valence-corrected chi connectivity index (χ1v) is 6.48. The summed E-state index contributed by atoms with van der Waals surface area (Å²) in [6, 6.07) is 0.322. The van der Waals surface area contributed by atoms with Gasteiger partial charge in [0.15, 0.2) is 0 Å². The molecule has 1 fully saturated rings. The van der Waals surface area contributed by atoms with Gasteiger partial charge >= 0.3 is 0 Å². The van der Waals surface area contributed by atoms with Crippen LogP contribution in [-0.4, -0.2) is 23.8 Å². The van der Waals surface area contributed by atoms with Gasteiger partial charge < -0.3 is 10.4 Å². The molecule has 15 heavy (non-hydrogen) atoms. The molecular formula is C13H23NO. The lowest BCUT2D eigenvalue weighted by Crippen LogP contribution is -2.43. The van der Waals surface area contributed by atoms with E-state index in [4.69, 9.17) is 0 Å². The predicted octanol–water partition coefficient (Wildman–Crippen LogP) is 2.38. The van der Waals surface area contributed by atoms with E-state index in [-0.39, 0.29) is 6.10 Å². The summed E-state index contributed by atoms with van der Waals surface area (Å²) in [5, 5.41) is 13.7. The highest BCUT2D eigenvalue weighted by molar-refractivity contribution is 5.12. The van der Waals surface area contributed by atoms with E-state index >= 15 is 0 Å².